The van der Waals surface area contributed by atoms with Gasteiger partial charge in [0.05, 0.1) is 2.88 Å². The lowest BCUT2D eigenvalue weighted by atomic mass is 9.99. The molecule has 3 heteroatoms. The fourth-order valence-electron chi connectivity index (χ4n) is 1.86. The summed E-state index contributed by atoms with van der Waals surface area (Å²) >= 11 is 3.84. The maximum absolute atomic E-state index is 12.2. The third-order valence-electron chi connectivity index (χ3n) is 2.69. The number of halogens is 1. The molecule has 0 aliphatic rings. The van der Waals surface area contributed by atoms with E-state index in [9.17, 15) is 4.79 Å². The maximum Gasteiger partial charge on any atom is 0.193 e. The smallest absolute Gasteiger partial charge is 0.193 e. The van der Waals surface area contributed by atoms with E-state index in [0.29, 0.717) is 5.92 Å². The monoisotopic (exact) mass is 370 g/mol. The molecular formula is C15H15IOS. The second kappa shape index (κ2) is 5.97. The first-order valence-corrected chi connectivity index (χ1v) is 7.90. The SMILES string of the molecule is CC(C)Cc1ccc(C(=O)c2csc(I)c2)cc1. The number of benzene rings is 1. The quantitative estimate of drug-likeness (QED) is 0.559. The fourth-order valence-corrected chi connectivity index (χ4v) is 3.19. The molecular weight excluding hydrogens is 355 g/mol. The zero-order valence-electron chi connectivity index (χ0n) is 10.4. The molecule has 0 saturated carbocycles. The van der Waals surface area contributed by atoms with Crippen molar-refractivity contribution < 1.29 is 4.79 Å². The standard InChI is InChI=1S/C15H15IOS/c1-10(2)7-11-3-5-12(6-4-11)15(17)13-8-14(16)18-9-13/h3-6,8-10H,7H2,1-2H3. The predicted molar refractivity (Wildman–Crippen MR) is 85.5 cm³/mol. The van der Waals surface area contributed by atoms with Gasteiger partial charge in [-0.25, -0.2) is 0 Å². The molecule has 94 valence electrons. The van der Waals surface area contributed by atoms with Crippen molar-refractivity contribution in [3.63, 3.8) is 0 Å². The van der Waals surface area contributed by atoms with Crippen LogP contribution in [0.1, 0.15) is 35.3 Å². The van der Waals surface area contributed by atoms with Crippen molar-refractivity contribution in [3.05, 3.63) is 55.3 Å². The van der Waals surface area contributed by atoms with Crippen LogP contribution in [0.2, 0.25) is 0 Å². The van der Waals surface area contributed by atoms with Gasteiger partial charge in [0.1, 0.15) is 0 Å². The summed E-state index contributed by atoms with van der Waals surface area (Å²) in [6.45, 7) is 4.40. The van der Waals surface area contributed by atoms with Crippen LogP contribution in [0.4, 0.5) is 0 Å². The molecule has 0 saturated heterocycles. The summed E-state index contributed by atoms with van der Waals surface area (Å²) in [5.41, 5.74) is 2.86. The topological polar surface area (TPSA) is 17.1 Å². The van der Waals surface area contributed by atoms with E-state index in [1.54, 1.807) is 11.3 Å². The summed E-state index contributed by atoms with van der Waals surface area (Å²) in [5, 5.41) is 1.92. The molecule has 0 atom stereocenters. The van der Waals surface area contributed by atoms with Gasteiger partial charge in [0, 0.05) is 16.5 Å². The number of carbonyl (C=O) groups excluding carboxylic acids is 1. The molecule has 0 bridgehead atoms. The van der Waals surface area contributed by atoms with E-state index in [1.165, 1.54) is 5.56 Å². The Morgan fingerprint density at radius 3 is 2.39 bits per heavy atom. The Morgan fingerprint density at radius 2 is 1.89 bits per heavy atom. The number of hydrogen-bond acceptors (Lipinski definition) is 2. The van der Waals surface area contributed by atoms with Crippen molar-refractivity contribution in [2.45, 2.75) is 20.3 Å². The third-order valence-corrected chi connectivity index (χ3v) is 4.48. The van der Waals surface area contributed by atoms with Crippen LogP contribution < -0.4 is 0 Å². The normalized spacial score (nSPS) is 10.9. The van der Waals surface area contributed by atoms with E-state index < -0.39 is 0 Å². The Labute approximate surface area is 125 Å². The van der Waals surface area contributed by atoms with Crippen LogP contribution in [-0.4, -0.2) is 5.78 Å². The first kappa shape index (κ1) is 13.7. The zero-order chi connectivity index (χ0) is 13.1. The minimum absolute atomic E-state index is 0.116. The number of rotatable bonds is 4. The minimum Gasteiger partial charge on any atom is -0.289 e. The highest BCUT2D eigenvalue weighted by Crippen LogP contribution is 2.20. The molecule has 2 aromatic rings. The Bertz CT molecular complexity index is 540. The Hall–Kier alpha value is -0.680. The van der Waals surface area contributed by atoms with Gasteiger partial charge in [-0.3, -0.25) is 4.79 Å². The second-order valence-electron chi connectivity index (χ2n) is 4.76. The molecule has 0 spiro atoms. The van der Waals surface area contributed by atoms with Gasteiger partial charge in [-0.2, -0.15) is 0 Å². The second-order valence-corrected chi connectivity index (χ2v) is 7.57. The summed E-state index contributed by atoms with van der Waals surface area (Å²) in [5.74, 6) is 0.760. The third kappa shape index (κ3) is 3.42. The highest BCUT2D eigenvalue weighted by Gasteiger charge is 2.10. The van der Waals surface area contributed by atoms with Crippen molar-refractivity contribution in [3.8, 4) is 0 Å². The summed E-state index contributed by atoms with van der Waals surface area (Å²) in [6, 6.07) is 9.93. The Morgan fingerprint density at radius 1 is 1.22 bits per heavy atom. The summed E-state index contributed by atoms with van der Waals surface area (Å²) in [6.07, 6.45) is 1.06. The molecule has 0 amide bonds. The van der Waals surface area contributed by atoms with Gasteiger partial charge in [0.25, 0.3) is 0 Å². The molecule has 2 rings (SSSR count). The van der Waals surface area contributed by atoms with Gasteiger partial charge in [-0.15, -0.1) is 11.3 Å². The lowest BCUT2D eigenvalue weighted by molar-refractivity contribution is 0.103. The Kier molecular flexibility index (Phi) is 4.56. The van der Waals surface area contributed by atoms with E-state index >= 15 is 0 Å². The van der Waals surface area contributed by atoms with Crippen molar-refractivity contribution >= 4 is 39.7 Å². The molecule has 0 N–H and O–H groups in total. The average Bonchev–Trinajstić information content (AvgIpc) is 2.75. The lowest BCUT2D eigenvalue weighted by Gasteiger charge is -2.05. The Balaban J connectivity index is 2.17. The van der Waals surface area contributed by atoms with Crippen molar-refractivity contribution in [1.29, 1.82) is 0 Å². The molecule has 0 fully saturated rings. The summed E-state index contributed by atoms with van der Waals surface area (Å²) in [7, 11) is 0. The van der Waals surface area contributed by atoms with Gasteiger partial charge in [0.2, 0.25) is 0 Å². The summed E-state index contributed by atoms with van der Waals surface area (Å²) in [4.78, 5) is 12.2. The highest BCUT2D eigenvalue weighted by atomic mass is 127. The number of ketones is 1. The minimum atomic E-state index is 0.116. The molecule has 1 heterocycles. The van der Waals surface area contributed by atoms with Gasteiger partial charge >= 0.3 is 0 Å². The molecule has 0 unspecified atom stereocenters. The largest absolute Gasteiger partial charge is 0.289 e. The van der Waals surface area contributed by atoms with Gasteiger partial charge in [-0.1, -0.05) is 38.1 Å². The highest BCUT2D eigenvalue weighted by molar-refractivity contribution is 14.1. The van der Waals surface area contributed by atoms with E-state index in [4.69, 9.17) is 0 Å². The summed E-state index contributed by atoms with van der Waals surface area (Å²) < 4.78 is 1.15. The van der Waals surface area contributed by atoms with Crippen LogP contribution in [0.25, 0.3) is 0 Å². The van der Waals surface area contributed by atoms with Crippen LogP contribution in [-0.2, 0) is 6.42 Å². The van der Waals surface area contributed by atoms with E-state index in [1.807, 2.05) is 23.6 Å². The van der Waals surface area contributed by atoms with Crippen LogP contribution >= 0.6 is 33.9 Å². The van der Waals surface area contributed by atoms with E-state index in [-0.39, 0.29) is 5.78 Å². The number of carbonyl (C=O) groups is 1. The van der Waals surface area contributed by atoms with Crippen molar-refractivity contribution in [2.24, 2.45) is 5.92 Å². The first-order chi connectivity index (χ1) is 8.56. The van der Waals surface area contributed by atoms with Crippen LogP contribution in [0.15, 0.2) is 35.7 Å². The maximum atomic E-state index is 12.2. The molecule has 0 aliphatic carbocycles. The predicted octanol–water partition coefficient (Wildman–Crippen LogP) is 4.78. The van der Waals surface area contributed by atoms with Crippen LogP contribution in [0.3, 0.4) is 0 Å². The van der Waals surface area contributed by atoms with E-state index in [0.717, 1.165) is 20.4 Å². The van der Waals surface area contributed by atoms with Crippen molar-refractivity contribution in [1.82, 2.24) is 0 Å². The first-order valence-electron chi connectivity index (χ1n) is 5.94. The zero-order valence-corrected chi connectivity index (χ0v) is 13.4. The number of hydrogen-bond donors (Lipinski definition) is 0. The average molecular weight is 370 g/mol. The van der Waals surface area contributed by atoms with Crippen LogP contribution in [0.5, 0.6) is 0 Å². The van der Waals surface area contributed by atoms with Crippen molar-refractivity contribution in [2.75, 3.05) is 0 Å². The van der Waals surface area contributed by atoms with Gasteiger partial charge in [-0.05, 0) is 46.6 Å². The molecule has 18 heavy (non-hydrogen) atoms. The molecule has 1 aromatic carbocycles. The lowest BCUT2D eigenvalue weighted by Crippen LogP contribution is -2.00. The fraction of sp³-hybridized carbons (Fsp3) is 0.267. The van der Waals surface area contributed by atoms with E-state index in [2.05, 4.69) is 48.6 Å². The molecule has 1 aromatic heterocycles. The molecule has 0 aliphatic heterocycles. The number of thiophene rings is 1. The van der Waals surface area contributed by atoms with Gasteiger partial charge < -0.3 is 0 Å². The van der Waals surface area contributed by atoms with Gasteiger partial charge in [0.15, 0.2) is 5.78 Å². The molecule has 0 radical (unpaired) electrons. The van der Waals surface area contributed by atoms with Crippen LogP contribution in [0, 0.1) is 8.80 Å². The molecule has 1 nitrogen and oxygen atoms in total.